The van der Waals surface area contributed by atoms with E-state index in [0.717, 1.165) is 0 Å². The molecule has 116 valence electrons. The van der Waals surface area contributed by atoms with Crippen LogP contribution in [0.5, 0.6) is 0 Å². The minimum atomic E-state index is -1.04. The zero-order valence-corrected chi connectivity index (χ0v) is 12.9. The number of hydrogen-bond donors (Lipinski definition) is 2. The highest BCUT2D eigenvalue weighted by Gasteiger charge is 2.17. The first-order valence-electron chi connectivity index (χ1n) is 6.80. The number of pyridine rings is 1. The van der Waals surface area contributed by atoms with Crippen molar-refractivity contribution in [2.75, 3.05) is 5.32 Å². The Bertz CT molecular complexity index is 748. The number of anilines is 1. The summed E-state index contributed by atoms with van der Waals surface area (Å²) >= 11 is 0. The molecule has 0 aliphatic rings. The second kappa shape index (κ2) is 5.63. The number of rotatable bonds is 2. The monoisotopic (exact) mass is 302 g/mol. The van der Waals surface area contributed by atoms with E-state index in [1.807, 2.05) is 0 Å². The van der Waals surface area contributed by atoms with E-state index in [0.29, 0.717) is 22.3 Å². The standard InChI is InChI=1S/C16H18N2O4/c1-9-7-12(14(19)20)11-8-10(5-6-13(11)17-9)18-15(21)22-16(2,3)4/h5-8H,1-4H3,(H,18,21)(H,19,20). The van der Waals surface area contributed by atoms with E-state index >= 15 is 0 Å². The number of aromatic carboxylic acids is 1. The maximum absolute atomic E-state index is 11.8. The first-order valence-corrected chi connectivity index (χ1v) is 6.80. The fourth-order valence-electron chi connectivity index (χ4n) is 2.03. The lowest BCUT2D eigenvalue weighted by molar-refractivity contribution is 0.0634. The van der Waals surface area contributed by atoms with E-state index in [1.165, 1.54) is 6.07 Å². The van der Waals surface area contributed by atoms with Gasteiger partial charge >= 0.3 is 12.1 Å². The largest absolute Gasteiger partial charge is 0.478 e. The van der Waals surface area contributed by atoms with Crippen LogP contribution in [0.15, 0.2) is 24.3 Å². The van der Waals surface area contributed by atoms with E-state index < -0.39 is 17.7 Å². The third-order valence-electron chi connectivity index (χ3n) is 2.81. The van der Waals surface area contributed by atoms with Crippen molar-refractivity contribution in [3.05, 3.63) is 35.5 Å². The summed E-state index contributed by atoms with van der Waals surface area (Å²) in [5.41, 5.74) is 1.18. The molecule has 0 radical (unpaired) electrons. The Balaban J connectivity index is 2.38. The van der Waals surface area contributed by atoms with Gasteiger partial charge in [-0.15, -0.1) is 0 Å². The van der Waals surface area contributed by atoms with Gasteiger partial charge in [0.1, 0.15) is 5.60 Å². The SMILES string of the molecule is Cc1cc(C(=O)O)c2cc(NC(=O)OC(C)(C)C)ccc2n1. The summed E-state index contributed by atoms with van der Waals surface area (Å²) in [6.07, 6.45) is -0.594. The molecule has 6 nitrogen and oxygen atoms in total. The van der Waals surface area contributed by atoms with Gasteiger partial charge in [-0.1, -0.05) is 0 Å². The molecule has 0 bridgehead atoms. The zero-order chi connectivity index (χ0) is 16.5. The van der Waals surface area contributed by atoms with Gasteiger partial charge < -0.3 is 9.84 Å². The highest BCUT2D eigenvalue weighted by Crippen LogP contribution is 2.23. The van der Waals surface area contributed by atoms with Crippen molar-refractivity contribution in [3.8, 4) is 0 Å². The normalized spacial score (nSPS) is 11.3. The number of carboxylic acid groups (broad SMARTS) is 1. The molecule has 22 heavy (non-hydrogen) atoms. The van der Waals surface area contributed by atoms with Gasteiger partial charge in [0.15, 0.2) is 0 Å². The number of carbonyl (C=O) groups is 2. The van der Waals surface area contributed by atoms with Gasteiger partial charge in [0.2, 0.25) is 0 Å². The topological polar surface area (TPSA) is 88.5 Å². The van der Waals surface area contributed by atoms with Gasteiger partial charge in [0.25, 0.3) is 0 Å². The summed E-state index contributed by atoms with van der Waals surface area (Å²) in [4.78, 5) is 27.4. The van der Waals surface area contributed by atoms with Crippen LogP contribution < -0.4 is 5.32 Å². The number of fused-ring (bicyclic) bond motifs is 1. The molecule has 0 saturated heterocycles. The van der Waals surface area contributed by atoms with Gasteiger partial charge in [-0.2, -0.15) is 0 Å². The lowest BCUT2D eigenvalue weighted by Crippen LogP contribution is -2.27. The first-order chi connectivity index (χ1) is 10.2. The number of carbonyl (C=O) groups excluding carboxylic acids is 1. The van der Waals surface area contributed by atoms with Crippen LogP contribution in [0, 0.1) is 6.92 Å². The molecule has 1 heterocycles. The number of carboxylic acids is 1. The molecule has 6 heteroatoms. The summed E-state index contributed by atoms with van der Waals surface area (Å²) in [7, 11) is 0. The van der Waals surface area contributed by atoms with Gasteiger partial charge in [-0.25, -0.2) is 9.59 Å². The third-order valence-corrected chi connectivity index (χ3v) is 2.81. The van der Waals surface area contributed by atoms with Crippen molar-refractivity contribution in [2.24, 2.45) is 0 Å². The van der Waals surface area contributed by atoms with Crippen molar-refractivity contribution in [3.63, 3.8) is 0 Å². The fourth-order valence-corrected chi connectivity index (χ4v) is 2.03. The third kappa shape index (κ3) is 3.72. The number of nitrogens with one attached hydrogen (secondary N) is 1. The molecule has 0 unspecified atom stereocenters. The smallest absolute Gasteiger partial charge is 0.412 e. The van der Waals surface area contributed by atoms with Crippen LogP contribution in [0.2, 0.25) is 0 Å². The average Bonchev–Trinajstić information content (AvgIpc) is 2.35. The van der Waals surface area contributed by atoms with Crippen molar-refractivity contribution < 1.29 is 19.4 Å². The number of aryl methyl sites for hydroxylation is 1. The molecule has 2 rings (SSSR count). The van der Waals surface area contributed by atoms with Crippen LogP contribution in [0.1, 0.15) is 36.8 Å². The second-order valence-electron chi connectivity index (χ2n) is 5.98. The maximum Gasteiger partial charge on any atom is 0.412 e. The van der Waals surface area contributed by atoms with Gasteiger partial charge in [-0.05, 0) is 52.0 Å². The highest BCUT2D eigenvalue weighted by atomic mass is 16.6. The summed E-state index contributed by atoms with van der Waals surface area (Å²) in [6, 6.07) is 6.41. The Hall–Kier alpha value is -2.63. The quantitative estimate of drug-likeness (QED) is 0.885. The molecule has 0 aliphatic heterocycles. The molecule has 0 aliphatic carbocycles. The average molecular weight is 302 g/mol. The van der Waals surface area contributed by atoms with Crippen LogP contribution in [0.3, 0.4) is 0 Å². The molecule has 2 N–H and O–H groups in total. The van der Waals surface area contributed by atoms with Crippen molar-refractivity contribution in [1.29, 1.82) is 0 Å². The second-order valence-corrected chi connectivity index (χ2v) is 5.98. The van der Waals surface area contributed by atoms with Crippen LogP contribution in [-0.2, 0) is 4.74 Å². The van der Waals surface area contributed by atoms with Crippen molar-refractivity contribution >= 4 is 28.7 Å². The molecule has 0 atom stereocenters. The molecule has 1 aromatic heterocycles. The summed E-state index contributed by atoms with van der Waals surface area (Å²) in [6.45, 7) is 7.03. The van der Waals surface area contributed by atoms with Crippen molar-refractivity contribution in [1.82, 2.24) is 4.98 Å². The lowest BCUT2D eigenvalue weighted by atomic mass is 10.1. The Morgan fingerprint density at radius 1 is 1.23 bits per heavy atom. The van der Waals surface area contributed by atoms with E-state index in [-0.39, 0.29) is 5.56 Å². The van der Waals surface area contributed by atoms with E-state index in [9.17, 15) is 14.7 Å². The van der Waals surface area contributed by atoms with Gasteiger partial charge in [-0.3, -0.25) is 10.3 Å². The Morgan fingerprint density at radius 3 is 2.50 bits per heavy atom. The number of aromatic nitrogens is 1. The predicted molar refractivity (Wildman–Crippen MR) is 83.3 cm³/mol. The molecule has 2 aromatic rings. The lowest BCUT2D eigenvalue weighted by Gasteiger charge is -2.19. The van der Waals surface area contributed by atoms with Gasteiger partial charge in [0, 0.05) is 16.8 Å². The minimum Gasteiger partial charge on any atom is -0.478 e. The van der Waals surface area contributed by atoms with Crippen molar-refractivity contribution in [2.45, 2.75) is 33.3 Å². The fraction of sp³-hybridized carbons (Fsp3) is 0.312. The number of benzene rings is 1. The first kappa shape index (κ1) is 15.8. The summed E-state index contributed by atoms with van der Waals surface area (Å²) in [5, 5.41) is 12.3. The zero-order valence-electron chi connectivity index (χ0n) is 12.9. The van der Waals surface area contributed by atoms with E-state index in [1.54, 1.807) is 45.9 Å². The van der Waals surface area contributed by atoms with E-state index in [2.05, 4.69) is 10.3 Å². The summed E-state index contributed by atoms with van der Waals surface area (Å²) < 4.78 is 5.17. The predicted octanol–water partition coefficient (Wildman–Crippen LogP) is 3.59. The molecule has 1 aromatic carbocycles. The van der Waals surface area contributed by atoms with Crippen LogP contribution in [-0.4, -0.2) is 27.8 Å². The number of ether oxygens (including phenoxy) is 1. The van der Waals surface area contributed by atoms with Crippen LogP contribution in [0.4, 0.5) is 10.5 Å². The molecule has 1 amide bonds. The van der Waals surface area contributed by atoms with Crippen LogP contribution >= 0.6 is 0 Å². The Morgan fingerprint density at radius 2 is 1.91 bits per heavy atom. The Kier molecular flexibility index (Phi) is 4.03. The highest BCUT2D eigenvalue weighted by molar-refractivity contribution is 6.04. The number of hydrogen-bond acceptors (Lipinski definition) is 4. The minimum absolute atomic E-state index is 0.148. The maximum atomic E-state index is 11.8. The molecule has 0 spiro atoms. The van der Waals surface area contributed by atoms with Gasteiger partial charge in [0.05, 0.1) is 11.1 Å². The number of amides is 1. The number of nitrogens with zero attached hydrogens (tertiary/aromatic N) is 1. The van der Waals surface area contributed by atoms with E-state index in [4.69, 9.17) is 4.74 Å². The summed E-state index contributed by atoms with van der Waals surface area (Å²) in [5.74, 6) is -1.04. The van der Waals surface area contributed by atoms with Crippen LogP contribution in [0.25, 0.3) is 10.9 Å². The Labute approximate surface area is 128 Å². The molecular weight excluding hydrogens is 284 g/mol. The molecular formula is C16H18N2O4. The molecule has 0 fully saturated rings. The molecule has 0 saturated carbocycles.